The molecule has 1 amide bonds. The molecule has 4 rings (SSSR count). The summed E-state index contributed by atoms with van der Waals surface area (Å²) in [5, 5.41) is 2.72. The highest BCUT2D eigenvalue weighted by atomic mass is 16.5. The van der Waals surface area contributed by atoms with Gasteiger partial charge in [-0.2, -0.15) is 0 Å². The Bertz CT molecular complexity index is 1050. The molecule has 0 radical (unpaired) electrons. The molecule has 0 unspecified atom stereocenters. The Morgan fingerprint density at radius 1 is 0.966 bits per heavy atom. The largest absolute Gasteiger partial charge is 0.493 e. The van der Waals surface area contributed by atoms with Crippen LogP contribution >= 0.6 is 0 Å². The molecule has 0 saturated carbocycles. The number of hydrogen-bond donors (Lipinski definition) is 1. The number of anilines is 1. The van der Waals surface area contributed by atoms with Gasteiger partial charge in [-0.1, -0.05) is 18.2 Å². The van der Waals surface area contributed by atoms with E-state index in [2.05, 4.69) is 15.3 Å². The van der Waals surface area contributed by atoms with E-state index < -0.39 is 0 Å². The number of nitrogens with one attached hydrogen (secondary N) is 1. The van der Waals surface area contributed by atoms with Crippen molar-refractivity contribution in [3.63, 3.8) is 0 Å². The normalized spacial score (nSPS) is 10.0. The molecule has 1 N–H and O–H groups in total. The third-order valence-corrected chi connectivity index (χ3v) is 3.89. The van der Waals surface area contributed by atoms with Crippen molar-refractivity contribution in [1.29, 1.82) is 0 Å². The number of ether oxygens (including phenoxy) is 2. The standard InChI is InChI=1S/C14H11N3O2.C8H10O2/c1-9(18)16-11-5-2-4-10(8-11)13-17-12-6-3-7-15-14(12)19-13;1-9-7-5-3-4-6-8(7)10-2/h2-8H,1H3,(H,16,18);3-6H,1-2H3. The number of para-hydroxylation sites is 2. The van der Waals surface area contributed by atoms with Crippen LogP contribution in [0, 0.1) is 0 Å². The smallest absolute Gasteiger partial charge is 0.247 e. The maximum absolute atomic E-state index is 11.0. The van der Waals surface area contributed by atoms with Gasteiger partial charge in [0.05, 0.1) is 14.2 Å². The van der Waals surface area contributed by atoms with Crippen molar-refractivity contribution in [1.82, 2.24) is 9.97 Å². The van der Waals surface area contributed by atoms with Gasteiger partial charge >= 0.3 is 0 Å². The fourth-order valence-electron chi connectivity index (χ4n) is 2.61. The van der Waals surface area contributed by atoms with Crippen LogP contribution in [-0.4, -0.2) is 30.1 Å². The summed E-state index contributed by atoms with van der Waals surface area (Å²) in [4.78, 5) is 19.5. The van der Waals surface area contributed by atoms with Crippen LogP contribution in [0.2, 0.25) is 0 Å². The minimum absolute atomic E-state index is 0.114. The highest BCUT2D eigenvalue weighted by Gasteiger charge is 2.09. The number of carbonyl (C=O) groups is 1. The van der Waals surface area contributed by atoms with Crippen LogP contribution in [0.4, 0.5) is 5.69 Å². The van der Waals surface area contributed by atoms with Crippen molar-refractivity contribution in [2.45, 2.75) is 6.92 Å². The molecule has 4 aromatic rings. The van der Waals surface area contributed by atoms with E-state index in [1.807, 2.05) is 60.7 Å². The van der Waals surface area contributed by atoms with Gasteiger partial charge in [0.25, 0.3) is 0 Å². The van der Waals surface area contributed by atoms with Gasteiger partial charge < -0.3 is 19.2 Å². The first kappa shape index (κ1) is 19.9. The molecule has 0 bridgehead atoms. The Morgan fingerprint density at radius 3 is 2.31 bits per heavy atom. The van der Waals surface area contributed by atoms with Crippen LogP contribution < -0.4 is 14.8 Å². The number of benzene rings is 2. The zero-order valence-corrected chi connectivity index (χ0v) is 16.4. The minimum Gasteiger partial charge on any atom is -0.493 e. The number of amides is 1. The number of carbonyl (C=O) groups excluding carboxylic acids is 1. The lowest BCUT2D eigenvalue weighted by atomic mass is 10.2. The number of methoxy groups -OCH3 is 2. The summed E-state index contributed by atoms with van der Waals surface area (Å²) in [5.74, 6) is 1.91. The lowest BCUT2D eigenvalue weighted by molar-refractivity contribution is -0.114. The van der Waals surface area contributed by atoms with Crippen LogP contribution in [0.15, 0.2) is 71.3 Å². The fourth-order valence-corrected chi connectivity index (χ4v) is 2.61. The Morgan fingerprint density at radius 2 is 1.69 bits per heavy atom. The minimum atomic E-state index is -0.114. The fraction of sp³-hybridized carbons (Fsp3) is 0.136. The van der Waals surface area contributed by atoms with Crippen molar-refractivity contribution in [3.8, 4) is 23.0 Å². The summed E-state index contributed by atoms with van der Waals surface area (Å²) in [5.41, 5.74) is 2.72. The molecule has 29 heavy (non-hydrogen) atoms. The second kappa shape index (κ2) is 9.36. The van der Waals surface area contributed by atoms with Crippen molar-refractivity contribution in [2.24, 2.45) is 0 Å². The topological polar surface area (TPSA) is 86.5 Å². The first-order valence-electron chi connectivity index (χ1n) is 8.87. The van der Waals surface area contributed by atoms with Gasteiger partial charge in [-0.25, -0.2) is 9.97 Å². The van der Waals surface area contributed by atoms with E-state index in [0.29, 0.717) is 22.8 Å². The summed E-state index contributed by atoms with van der Waals surface area (Å²) >= 11 is 0. The summed E-state index contributed by atoms with van der Waals surface area (Å²) in [6.07, 6.45) is 1.66. The van der Waals surface area contributed by atoms with E-state index in [1.54, 1.807) is 20.4 Å². The van der Waals surface area contributed by atoms with Gasteiger partial charge in [-0.05, 0) is 42.5 Å². The highest BCUT2D eigenvalue weighted by molar-refractivity contribution is 5.89. The molecule has 2 aromatic carbocycles. The van der Waals surface area contributed by atoms with E-state index in [1.165, 1.54) is 6.92 Å². The Hall–Kier alpha value is -3.87. The number of rotatable bonds is 4. The van der Waals surface area contributed by atoms with Crippen LogP contribution in [0.1, 0.15) is 6.92 Å². The summed E-state index contributed by atoms with van der Waals surface area (Å²) in [6.45, 7) is 1.47. The van der Waals surface area contributed by atoms with Crippen molar-refractivity contribution in [3.05, 3.63) is 66.9 Å². The first-order chi connectivity index (χ1) is 14.1. The zero-order chi connectivity index (χ0) is 20.6. The molecule has 7 nitrogen and oxygen atoms in total. The number of hydrogen-bond acceptors (Lipinski definition) is 6. The van der Waals surface area contributed by atoms with Crippen LogP contribution in [0.25, 0.3) is 22.7 Å². The molecule has 0 aliphatic heterocycles. The van der Waals surface area contributed by atoms with Gasteiger partial charge in [0.2, 0.25) is 17.5 Å². The molecule has 7 heteroatoms. The summed E-state index contributed by atoms with van der Waals surface area (Å²) in [6, 6.07) is 18.5. The SMILES string of the molecule is CC(=O)Nc1cccc(-c2nc3cccnc3o2)c1.COc1ccccc1OC. The zero-order valence-electron chi connectivity index (χ0n) is 16.4. The molecular weight excluding hydrogens is 370 g/mol. The average molecular weight is 391 g/mol. The molecule has 0 spiro atoms. The van der Waals surface area contributed by atoms with E-state index in [9.17, 15) is 4.79 Å². The molecule has 0 aliphatic carbocycles. The monoisotopic (exact) mass is 391 g/mol. The molecule has 2 heterocycles. The van der Waals surface area contributed by atoms with E-state index in [-0.39, 0.29) is 5.91 Å². The van der Waals surface area contributed by atoms with Gasteiger partial charge in [-0.15, -0.1) is 0 Å². The van der Waals surface area contributed by atoms with Crippen molar-refractivity contribution in [2.75, 3.05) is 19.5 Å². The van der Waals surface area contributed by atoms with Gasteiger partial charge in [-0.3, -0.25) is 4.79 Å². The van der Waals surface area contributed by atoms with E-state index >= 15 is 0 Å². The van der Waals surface area contributed by atoms with E-state index in [0.717, 1.165) is 17.1 Å². The number of fused-ring (bicyclic) bond motifs is 1. The number of pyridine rings is 1. The van der Waals surface area contributed by atoms with Gasteiger partial charge in [0, 0.05) is 24.4 Å². The predicted molar refractivity (Wildman–Crippen MR) is 111 cm³/mol. The van der Waals surface area contributed by atoms with E-state index in [4.69, 9.17) is 13.9 Å². The lowest BCUT2D eigenvalue weighted by Gasteiger charge is -2.04. The van der Waals surface area contributed by atoms with Crippen LogP contribution in [0.5, 0.6) is 11.5 Å². The third kappa shape index (κ3) is 5.10. The van der Waals surface area contributed by atoms with Crippen molar-refractivity contribution >= 4 is 22.8 Å². The molecule has 0 fully saturated rings. The number of aromatic nitrogens is 2. The Balaban J connectivity index is 0.000000204. The average Bonchev–Trinajstić information content (AvgIpc) is 3.18. The third-order valence-electron chi connectivity index (χ3n) is 3.89. The molecule has 2 aromatic heterocycles. The number of nitrogens with zero attached hydrogens (tertiary/aromatic N) is 2. The maximum Gasteiger partial charge on any atom is 0.247 e. The summed E-state index contributed by atoms with van der Waals surface area (Å²) < 4.78 is 15.6. The number of oxazole rings is 1. The van der Waals surface area contributed by atoms with Crippen LogP contribution in [0.3, 0.4) is 0 Å². The van der Waals surface area contributed by atoms with Crippen LogP contribution in [-0.2, 0) is 4.79 Å². The Kier molecular flexibility index (Phi) is 6.42. The molecule has 0 aliphatic rings. The lowest BCUT2D eigenvalue weighted by Crippen LogP contribution is -2.05. The molecule has 0 atom stereocenters. The Labute approximate surface area is 168 Å². The van der Waals surface area contributed by atoms with Gasteiger partial charge in [0.15, 0.2) is 11.5 Å². The predicted octanol–water partition coefficient (Wildman–Crippen LogP) is 4.55. The first-order valence-corrected chi connectivity index (χ1v) is 8.87. The second-order valence-electron chi connectivity index (χ2n) is 5.96. The molecule has 0 saturated heterocycles. The molecular formula is C22H21N3O4. The van der Waals surface area contributed by atoms with Crippen molar-refractivity contribution < 1.29 is 18.7 Å². The highest BCUT2D eigenvalue weighted by Crippen LogP contribution is 2.25. The second-order valence-corrected chi connectivity index (χ2v) is 5.96. The maximum atomic E-state index is 11.0. The quantitative estimate of drug-likeness (QED) is 0.549. The molecule has 148 valence electrons. The van der Waals surface area contributed by atoms with Gasteiger partial charge in [0.1, 0.15) is 5.52 Å². The summed E-state index contributed by atoms with van der Waals surface area (Å²) in [7, 11) is 3.25.